The summed E-state index contributed by atoms with van der Waals surface area (Å²) >= 11 is 0. The van der Waals surface area contributed by atoms with Crippen molar-refractivity contribution in [3.8, 4) is 0 Å². The molecule has 0 bridgehead atoms. The van der Waals surface area contributed by atoms with Crippen LogP contribution in [0.3, 0.4) is 0 Å². The SMILES string of the molecule is CC[N+](CC)(CC)Cc1ccccc1NC(=NC(C)(C)C)NC(C)(C)C.Cc1ccc(S(=O)(=O)[O-])cc1. The van der Waals surface area contributed by atoms with Gasteiger partial charge in [0.1, 0.15) is 16.7 Å². The number of hydrogen-bond donors (Lipinski definition) is 2. The van der Waals surface area contributed by atoms with E-state index in [9.17, 15) is 13.0 Å². The molecular weight excluding hydrogens is 484 g/mol. The summed E-state index contributed by atoms with van der Waals surface area (Å²) in [4.78, 5) is 4.70. The first-order valence-electron chi connectivity index (χ1n) is 13.0. The predicted molar refractivity (Wildman–Crippen MR) is 155 cm³/mol. The number of nitrogens with zero attached hydrogens (tertiary/aromatic N) is 2. The smallest absolute Gasteiger partial charge is 0.196 e. The summed E-state index contributed by atoms with van der Waals surface area (Å²) < 4.78 is 32.3. The Morgan fingerprint density at radius 1 is 0.892 bits per heavy atom. The van der Waals surface area contributed by atoms with Crippen LogP contribution in [0.25, 0.3) is 0 Å². The van der Waals surface area contributed by atoms with Crippen molar-refractivity contribution < 1.29 is 17.5 Å². The highest BCUT2D eigenvalue weighted by molar-refractivity contribution is 7.85. The van der Waals surface area contributed by atoms with E-state index < -0.39 is 10.1 Å². The van der Waals surface area contributed by atoms with Gasteiger partial charge < -0.3 is 19.7 Å². The lowest BCUT2D eigenvalue weighted by Crippen LogP contribution is -2.47. The van der Waals surface area contributed by atoms with Crippen molar-refractivity contribution in [2.24, 2.45) is 4.99 Å². The number of para-hydroxylation sites is 1. The van der Waals surface area contributed by atoms with Gasteiger partial charge in [-0.1, -0.05) is 35.9 Å². The Labute approximate surface area is 225 Å². The van der Waals surface area contributed by atoms with Gasteiger partial charge in [-0.05, 0) is 87.4 Å². The highest BCUT2D eigenvalue weighted by Gasteiger charge is 2.23. The van der Waals surface area contributed by atoms with Gasteiger partial charge in [-0.15, -0.1) is 0 Å². The number of aryl methyl sites for hydroxylation is 1. The molecule has 2 rings (SSSR count). The molecule has 0 saturated carbocycles. The van der Waals surface area contributed by atoms with Crippen molar-refractivity contribution in [1.82, 2.24) is 5.32 Å². The molecule has 0 fully saturated rings. The summed E-state index contributed by atoms with van der Waals surface area (Å²) in [5.74, 6) is 0.833. The summed E-state index contributed by atoms with van der Waals surface area (Å²) in [5.41, 5.74) is 3.21. The quantitative estimate of drug-likeness (QED) is 0.200. The molecule has 0 atom stereocenters. The second kappa shape index (κ2) is 13.4. The molecule has 37 heavy (non-hydrogen) atoms. The third-order valence-electron chi connectivity index (χ3n) is 6.04. The average molecular weight is 533 g/mol. The van der Waals surface area contributed by atoms with E-state index in [0.717, 1.165) is 47.9 Å². The molecule has 0 aliphatic rings. The standard InChI is InChI=1S/C22H41N4.C7H8O3S/c1-10-26(11-2,12-3)17-18-15-13-14-16-19(18)23-20(24-21(4,5)6)25-22(7,8)9;1-6-2-4-7(5-3-6)11(8,9)10/h13-16H,10-12,17H2,1-9H3,(H2,23,24,25);2-5H,1H3,(H,8,9,10)/q+1;/p-1. The van der Waals surface area contributed by atoms with Crippen LogP contribution in [0.4, 0.5) is 5.69 Å². The van der Waals surface area contributed by atoms with Crippen LogP contribution in [0.5, 0.6) is 0 Å². The molecule has 208 valence electrons. The van der Waals surface area contributed by atoms with Crippen LogP contribution in [-0.4, -0.2) is 54.1 Å². The summed E-state index contributed by atoms with van der Waals surface area (Å²) in [7, 11) is -4.27. The van der Waals surface area contributed by atoms with Crippen molar-refractivity contribution in [2.75, 3.05) is 25.0 Å². The first-order chi connectivity index (χ1) is 16.9. The Kier molecular flexibility index (Phi) is 11.8. The molecule has 7 nitrogen and oxygen atoms in total. The van der Waals surface area contributed by atoms with Gasteiger partial charge in [0.15, 0.2) is 5.96 Å². The first kappa shape index (κ1) is 32.6. The zero-order valence-corrected chi connectivity index (χ0v) is 25.3. The lowest BCUT2D eigenvalue weighted by molar-refractivity contribution is -0.936. The molecule has 0 unspecified atom stereocenters. The van der Waals surface area contributed by atoms with E-state index in [1.165, 1.54) is 17.7 Å². The van der Waals surface area contributed by atoms with Crippen molar-refractivity contribution in [1.29, 1.82) is 0 Å². The minimum atomic E-state index is -4.27. The largest absolute Gasteiger partial charge is 0.744 e. The molecule has 2 N–H and O–H groups in total. The van der Waals surface area contributed by atoms with Gasteiger partial charge in [0.25, 0.3) is 0 Å². The van der Waals surface area contributed by atoms with Gasteiger partial charge in [0.2, 0.25) is 0 Å². The molecular formula is C29H48N4O3S. The van der Waals surface area contributed by atoms with Crippen LogP contribution >= 0.6 is 0 Å². The van der Waals surface area contributed by atoms with E-state index in [4.69, 9.17) is 4.99 Å². The van der Waals surface area contributed by atoms with Crippen LogP contribution in [0.2, 0.25) is 0 Å². The fraction of sp³-hybridized carbons (Fsp3) is 0.552. The number of benzene rings is 2. The van der Waals surface area contributed by atoms with Crippen molar-refractivity contribution in [2.45, 2.75) is 91.8 Å². The number of quaternary nitrogens is 1. The van der Waals surface area contributed by atoms with Crippen molar-refractivity contribution >= 4 is 21.8 Å². The topological polar surface area (TPSA) is 93.6 Å². The number of guanidine groups is 1. The van der Waals surface area contributed by atoms with Gasteiger partial charge in [-0.25, -0.2) is 13.4 Å². The van der Waals surface area contributed by atoms with Crippen LogP contribution in [-0.2, 0) is 16.7 Å². The van der Waals surface area contributed by atoms with Crippen LogP contribution in [0.15, 0.2) is 58.4 Å². The monoisotopic (exact) mass is 532 g/mol. The summed E-state index contributed by atoms with van der Waals surface area (Å²) in [6.45, 7) is 26.0. The van der Waals surface area contributed by atoms with Gasteiger partial charge in [0, 0.05) is 16.8 Å². The number of hydrogen-bond acceptors (Lipinski definition) is 4. The average Bonchev–Trinajstić information content (AvgIpc) is 2.76. The highest BCUT2D eigenvalue weighted by Crippen LogP contribution is 2.22. The van der Waals surface area contributed by atoms with Gasteiger partial charge in [-0.2, -0.15) is 0 Å². The number of aliphatic imine (C=N–C) groups is 1. The molecule has 0 amide bonds. The summed E-state index contributed by atoms with van der Waals surface area (Å²) in [6, 6.07) is 14.4. The normalized spacial score (nSPS) is 13.0. The maximum absolute atomic E-state index is 10.4. The van der Waals surface area contributed by atoms with Crippen LogP contribution < -0.4 is 10.6 Å². The fourth-order valence-electron chi connectivity index (χ4n) is 3.76. The highest BCUT2D eigenvalue weighted by atomic mass is 32.2. The first-order valence-corrected chi connectivity index (χ1v) is 14.4. The van der Waals surface area contributed by atoms with Gasteiger partial charge >= 0.3 is 0 Å². The number of anilines is 1. The molecule has 0 heterocycles. The number of rotatable bonds is 7. The van der Waals surface area contributed by atoms with Crippen LogP contribution in [0, 0.1) is 6.92 Å². The van der Waals surface area contributed by atoms with E-state index in [2.05, 4.69) is 97.2 Å². The fourth-order valence-corrected chi connectivity index (χ4v) is 4.23. The van der Waals surface area contributed by atoms with E-state index in [-0.39, 0.29) is 16.0 Å². The second-order valence-corrected chi connectivity index (χ2v) is 12.9. The van der Waals surface area contributed by atoms with Gasteiger partial charge in [-0.3, -0.25) is 0 Å². The molecule has 2 aromatic carbocycles. The third-order valence-corrected chi connectivity index (χ3v) is 6.89. The maximum Gasteiger partial charge on any atom is 0.196 e. The van der Waals surface area contributed by atoms with Crippen LogP contribution in [0.1, 0.15) is 73.4 Å². The molecule has 8 heteroatoms. The predicted octanol–water partition coefficient (Wildman–Crippen LogP) is 5.92. The van der Waals surface area contributed by atoms with E-state index in [0.29, 0.717) is 0 Å². The van der Waals surface area contributed by atoms with E-state index in [1.807, 2.05) is 6.92 Å². The maximum atomic E-state index is 10.4. The molecule has 0 radical (unpaired) electrons. The zero-order valence-electron chi connectivity index (χ0n) is 24.5. The minimum absolute atomic E-state index is 0.0535. The molecule has 2 aromatic rings. The Morgan fingerprint density at radius 2 is 1.41 bits per heavy atom. The van der Waals surface area contributed by atoms with Gasteiger partial charge in [0.05, 0.1) is 30.1 Å². The van der Waals surface area contributed by atoms with Crippen molar-refractivity contribution in [3.63, 3.8) is 0 Å². The lowest BCUT2D eigenvalue weighted by Gasteiger charge is -2.36. The number of nitrogens with one attached hydrogen (secondary N) is 2. The molecule has 0 aliphatic heterocycles. The molecule has 0 aliphatic carbocycles. The Hall–Kier alpha value is -2.42. The second-order valence-electron chi connectivity index (χ2n) is 11.5. The Morgan fingerprint density at radius 3 is 1.84 bits per heavy atom. The lowest BCUT2D eigenvalue weighted by atomic mass is 10.1. The zero-order chi connectivity index (χ0) is 28.5. The summed E-state index contributed by atoms with van der Waals surface area (Å²) in [5, 5.41) is 7.11. The molecule has 0 aromatic heterocycles. The molecule has 0 spiro atoms. The van der Waals surface area contributed by atoms with E-state index >= 15 is 0 Å². The Bertz CT molecular complexity index is 1100. The molecule has 0 saturated heterocycles. The Balaban J connectivity index is 0.000000516. The minimum Gasteiger partial charge on any atom is -0.744 e. The van der Waals surface area contributed by atoms with Crippen molar-refractivity contribution in [3.05, 3.63) is 59.7 Å². The third kappa shape index (κ3) is 12.1. The van der Waals surface area contributed by atoms with E-state index in [1.54, 1.807) is 12.1 Å². The summed E-state index contributed by atoms with van der Waals surface area (Å²) in [6.07, 6.45) is 0.